The summed E-state index contributed by atoms with van der Waals surface area (Å²) in [7, 11) is 1.71. The van der Waals surface area contributed by atoms with Crippen LogP contribution in [-0.4, -0.2) is 26.8 Å². The minimum absolute atomic E-state index is 0.0438. The number of nitrogens with one attached hydrogen (secondary N) is 1. The summed E-state index contributed by atoms with van der Waals surface area (Å²) in [5.41, 5.74) is 0.681. The van der Waals surface area contributed by atoms with Crippen molar-refractivity contribution in [2.24, 2.45) is 7.05 Å². The fraction of sp³-hybridized carbons (Fsp3) is 0.500. The number of carbonyl (C=O) groups excluding carboxylic acids is 1. The standard InChI is InChI=1S/C6H8BrClN4O/c1-12-10-4(6(7)11-12)3-9-5(13)2-8/h2-3H2,1H3,(H,9,13). The summed E-state index contributed by atoms with van der Waals surface area (Å²) in [4.78, 5) is 12.2. The number of rotatable bonds is 3. The third-order valence-electron chi connectivity index (χ3n) is 1.31. The van der Waals surface area contributed by atoms with Gasteiger partial charge in [-0.1, -0.05) is 0 Å². The summed E-state index contributed by atoms with van der Waals surface area (Å²) in [6.45, 7) is 0.333. The number of carbonyl (C=O) groups is 1. The minimum atomic E-state index is -0.223. The molecule has 72 valence electrons. The van der Waals surface area contributed by atoms with Crippen molar-refractivity contribution in [1.82, 2.24) is 20.3 Å². The van der Waals surface area contributed by atoms with E-state index in [1.165, 1.54) is 4.80 Å². The maximum absolute atomic E-state index is 10.8. The van der Waals surface area contributed by atoms with Crippen LogP contribution in [0, 0.1) is 0 Å². The summed E-state index contributed by atoms with van der Waals surface area (Å²) in [6, 6.07) is 0. The Kier molecular flexibility index (Phi) is 3.68. The molecular formula is C6H8BrClN4O. The first kappa shape index (κ1) is 10.5. The summed E-state index contributed by atoms with van der Waals surface area (Å²) >= 11 is 8.51. The number of aromatic nitrogens is 3. The smallest absolute Gasteiger partial charge is 0.235 e. The fourth-order valence-corrected chi connectivity index (χ4v) is 1.30. The van der Waals surface area contributed by atoms with E-state index < -0.39 is 0 Å². The molecule has 1 heterocycles. The molecule has 0 fully saturated rings. The van der Waals surface area contributed by atoms with Crippen LogP contribution in [-0.2, 0) is 18.4 Å². The molecule has 0 spiro atoms. The van der Waals surface area contributed by atoms with Crippen molar-refractivity contribution >= 4 is 33.4 Å². The Bertz CT molecular complexity index is 314. The molecule has 0 aliphatic rings. The first-order valence-electron chi connectivity index (χ1n) is 3.52. The van der Waals surface area contributed by atoms with Crippen LogP contribution in [0.3, 0.4) is 0 Å². The SMILES string of the molecule is Cn1nc(Br)c(CNC(=O)CCl)n1. The lowest BCUT2D eigenvalue weighted by atomic mass is 10.4. The maximum atomic E-state index is 10.8. The zero-order chi connectivity index (χ0) is 9.84. The van der Waals surface area contributed by atoms with E-state index in [-0.39, 0.29) is 11.8 Å². The van der Waals surface area contributed by atoms with Gasteiger partial charge >= 0.3 is 0 Å². The molecule has 13 heavy (non-hydrogen) atoms. The zero-order valence-electron chi connectivity index (χ0n) is 6.92. The van der Waals surface area contributed by atoms with Gasteiger partial charge in [-0.25, -0.2) is 0 Å². The van der Waals surface area contributed by atoms with Gasteiger partial charge in [0.15, 0.2) is 4.60 Å². The van der Waals surface area contributed by atoms with Gasteiger partial charge in [-0.15, -0.1) is 16.7 Å². The van der Waals surface area contributed by atoms with Gasteiger partial charge in [0.2, 0.25) is 5.91 Å². The summed E-state index contributed by atoms with van der Waals surface area (Å²) in [6.07, 6.45) is 0. The van der Waals surface area contributed by atoms with Gasteiger partial charge in [-0.2, -0.15) is 9.90 Å². The first-order valence-corrected chi connectivity index (χ1v) is 4.84. The summed E-state index contributed by atoms with van der Waals surface area (Å²) in [5, 5.41) is 10.6. The van der Waals surface area contributed by atoms with Gasteiger partial charge in [0, 0.05) is 7.05 Å². The Morgan fingerprint density at radius 3 is 2.85 bits per heavy atom. The second-order valence-electron chi connectivity index (χ2n) is 2.34. The predicted octanol–water partition coefficient (Wildman–Crippen LogP) is 0.433. The van der Waals surface area contributed by atoms with E-state index in [0.717, 1.165) is 0 Å². The van der Waals surface area contributed by atoms with E-state index >= 15 is 0 Å². The molecule has 0 aliphatic heterocycles. The average molecular weight is 268 g/mol. The summed E-state index contributed by atoms with van der Waals surface area (Å²) < 4.78 is 0.630. The molecule has 1 aromatic heterocycles. The van der Waals surface area contributed by atoms with Crippen LogP contribution >= 0.6 is 27.5 Å². The van der Waals surface area contributed by atoms with Gasteiger partial charge in [0.1, 0.15) is 11.6 Å². The van der Waals surface area contributed by atoms with Crippen LogP contribution in [0.1, 0.15) is 5.69 Å². The molecule has 0 bridgehead atoms. The molecule has 1 amide bonds. The molecule has 7 heteroatoms. The molecular weight excluding hydrogens is 259 g/mol. The van der Waals surface area contributed by atoms with Crippen molar-refractivity contribution in [2.45, 2.75) is 6.54 Å². The number of amides is 1. The summed E-state index contributed by atoms with van der Waals surface area (Å²) in [5.74, 6) is -0.267. The first-order chi connectivity index (χ1) is 6.13. The van der Waals surface area contributed by atoms with Crippen LogP contribution in [0.25, 0.3) is 0 Å². The number of aryl methyl sites for hydroxylation is 1. The molecule has 0 aliphatic carbocycles. The predicted molar refractivity (Wildman–Crippen MR) is 51.3 cm³/mol. The Hall–Kier alpha value is -0.620. The van der Waals surface area contributed by atoms with Crippen LogP contribution in [0.2, 0.25) is 0 Å². The van der Waals surface area contributed by atoms with E-state index in [1.807, 2.05) is 0 Å². The number of halogens is 2. The van der Waals surface area contributed by atoms with Crippen molar-refractivity contribution in [2.75, 3.05) is 5.88 Å². The molecule has 1 aromatic rings. The lowest BCUT2D eigenvalue weighted by Crippen LogP contribution is -2.24. The van der Waals surface area contributed by atoms with Crippen LogP contribution in [0.5, 0.6) is 0 Å². The molecule has 0 atom stereocenters. The van der Waals surface area contributed by atoms with E-state index in [2.05, 4.69) is 31.4 Å². The lowest BCUT2D eigenvalue weighted by Gasteiger charge is -1.98. The van der Waals surface area contributed by atoms with Gasteiger partial charge in [0.25, 0.3) is 0 Å². The van der Waals surface area contributed by atoms with Crippen molar-refractivity contribution in [3.05, 3.63) is 10.3 Å². The second-order valence-corrected chi connectivity index (χ2v) is 3.36. The van der Waals surface area contributed by atoms with E-state index in [9.17, 15) is 4.79 Å². The second kappa shape index (κ2) is 4.57. The average Bonchev–Trinajstić information content (AvgIpc) is 2.41. The number of nitrogens with zero attached hydrogens (tertiary/aromatic N) is 3. The van der Waals surface area contributed by atoms with Crippen molar-refractivity contribution < 1.29 is 4.79 Å². The van der Waals surface area contributed by atoms with E-state index in [1.54, 1.807) is 7.05 Å². The van der Waals surface area contributed by atoms with Crippen LogP contribution < -0.4 is 5.32 Å². The van der Waals surface area contributed by atoms with E-state index in [0.29, 0.717) is 16.8 Å². The third kappa shape index (κ3) is 2.96. The van der Waals surface area contributed by atoms with Gasteiger partial charge < -0.3 is 5.32 Å². The topological polar surface area (TPSA) is 59.8 Å². The molecule has 0 saturated heterocycles. The lowest BCUT2D eigenvalue weighted by molar-refractivity contribution is -0.118. The number of hydrogen-bond donors (Lipinski definition) is 1. The zero-order valence-corrected chi connectivity index (χ0v) is 9.26. The van der Waals surface area contributed by atoms with Crippen molar-refractivity contribution in [3.63, 3.8) is 0 Å². The Labute approximate surface area is 88.6 Å². The Balaban J connectivity index is 2.54. The van der Waals surface area contributed by atoms with Gasteiger partial charge in [-0.05, 0) is 15.9 Å². The third-order valence-corrected chi connectivity index (χ3v) is 2.17. The van der Waals surface area contributed by atoms with Gasteiger partial charge in [-0.3, -0.25) is 4.79 Å². The largest absolute Gasteiger partial charge is 0.349 e. The minimum Gasteiger partial charge on any atom is -0.349 e. The quantitative estimate of drug-likeness (QED) is 0.808. The molecule has 0 radical (unpaired) electrons. The highest BCUT2D eigenvalue weighted by molar-refractivity contribution is 9.10. The highest BCUT2D eigenvalue weighted by Gasteiger charge is 2.07. The molecule has 0 unspecified atom stereocenters. The molecule has 1 N–H and O–H groups in total. The normalized spacial score (nSPS) is 10.1. The Morgan fingerprint density at radius 2 is 2.38 bits per heavy atom. The highest BCUT2D eigenvalue weighted by atomic mass is 79.9. The fourth-order valence-electron chi connectivity index (χ4n) is 0.761. The van der Waals surface area contributed by atoms with Crippen molar-refractivity contribution in [3.8, 4) is 0 Å². The monoisotopic (exact) mass is 266 g/mol. The number of alkyl halides is 1. The van der Waals surface area contributed by atoms with Gasteiger partial charge in [0.05, 0.1) is 6.54 Å². The molecule has 0 saturated carbocycles. The molecule has 0 aromatic carbocycles. The van der Waals surface area contributed by atoms with Crippen LogP contribution in [0.15, 0.2) is 4.60 Å². The maximum Gasteiger partial charge on any atom is 0.235 e. The Morgan fingerprint density at radius 1 is 1.69 bits per heavy atom. The molecule has 1 rings (SSSR count). The van der Waals surface area contributed by atoms with E-state index in [4.69, 9.17) is 11.6 Å². The highest BCUT2D eigenvalue weighted by Crippen LogP contribution is 2.09. The van der Waals surface area contributed by atoms with Crippen LogP contribution in [0.4, 0.5) is 0 Å². The number of hydrogen-bond acceptors (Lipinski definition) is 3. The molecule has 5 nitrogen and oxygen atoms in total. The van der Waals surface area contributed by atoms with Crippen molar-refractivity contribution in [1.29, 1.82) is 0 Å².